The summed E-state index contributed by atoms with van der Waals surface area (Å²) in [6.45, 7) is 0. The predicted molar refractivity (Wildman–Crippen MR) is 68.2 cm³/mol. The number of ether oxygens (including phenoxy) is 1. The third kappa shape index (κ3) is 3.07. The number of anilines is 1. The molecule has 0 amide bonds. The Morgan fingerprint density at radius 3 is 2.94 bits per heavy atom. The molecule has 2 unspecified atom stereocenters. The van der Waals surface area contributed by atoms with Gasteiger partial charge in [-0.05, 0) is 28.8 Å². The Bertz CT molecular complexity index is 389. The number of aliphatic hydroxyl groups is 1. The fourth-order valence-electron chi connectivity index (χ4n) is 2.01. The maximum Gasteiger partial charge on any atom is 0.232 e. The SMILES string of the molecule is COc1nc(NC2CCCCC2O)ncc1Br. The van der Waals surface area contributed by atoms with Crippen molar-refractivity contribution in [2.45, 2.75) is 37.8 Å². The highest BCUT2D eigenvalue weighted by atomic mass is 79.9. The van der Waals surface area contributed by atoms with Gasteiger partial charge in [-0.25, -0.2) is 4.98 Å². The van der Waals surface area contributed by atoms with E-state index in [0.717, 1.165) is 30.2 Å². The van der Waals surface area contributed by atoms with Crippen molar-refractivity contribution in [1.82, 2.24) is 9.97 Å². The third-order valence-corrected chi connectivity index (χ3v) is 3.49. The normalized spacial score (nSPS) is 24.4. The lowest BCUT2D eigenvalue weighted by molar-refractivity contribution is 0.116. The maximum atomic E-state index is 9.85. The van der Waals surface area contributed by atoms with Crippen molar-refractivity contribution in [3.8, 4) is 5.88 Å². The Morgan fingerprint density at radius 2 is 2.24 bits per heavy atom. The van der Waals surface area contributed by atoms with Gasteiger partial charge in [0.15, 0.2) is 0 Å². The van der Waals surface area contributed by atoms with Gasteiger partial charge in [-0.1, -0.05) is 12.8 Å². The quantitative estimate of drug-likeness (QED) is 0.893. The summed E-state index contributed by atoms with van der Waals surface area (Å²) in [6.07, 6.45) is 5.33. The summed E-state index contributed by atoms with van der Waals surface area (Å²) in [5.41, 5.74) is 0. The van der Waals surface area contributed by atoms with Crippen LogP contribution in [0.3, 0.4) is 0 Å². The van der Waals surface area contributed by atoms with Gasteiger partial charge in [-0.2, -0.15) is 4.98 Å². The van der Waals surface area contributed by atoms with E-state index in [-0.39, 0.29) is 12.1 Å². The van der Waals surface area contributed by atoms with Gasteiger partial charge in [0, 0.05) is 0 Å². The molecule has 17 heavy (non-hydrogen) atoms. The number of hydrogen-bond donors (Lipinski definition) is 2. The zero-order valence-corrected chi connectivity index (χ0v) is 11.3. The van der Waals surface area contributed by atoms with E-state index in [1.807, 2.05) is 0 Å². The zero-order chi connectivity index (χ0) is 12.3. The van der Waals surface area contributed by atoms with E-state index in [4.69, 9.17) is 4.74 Å². The molecule has 1 aliphatic carbocycles. The van der Waals surface area contributed by atoms with E-state index >= 15 is 0 Å². The summed E-state index contributed by atoms with van der Waals surface area (Å²) in [6, 6.07) is 0.0367. The highest BCUT2D eigenvalue weighted by Crippen LogP contribution is 2.24. The molecule has 0 aliphatic heterocycles. The van der Waals surface area contributed by atoms with E-state index in [9.17, 15) is 5.11 Å². The van der Waals surface area contributed by atoms with Crippen LogP contribution in [-0.4, -0.2) is 34.3 Å². The second-order valence-corrected chi connectivity index (χ2v) is 5.01. The fourth-order valence-corrected chi connectivity index (χ4v) is 2.36. The van der Waals surface area contributed by atoms with Crippen LogP contribution < -0.4 is 10.1 Å². The Morgan fingerprint density at radius 1 is 1.47 bits per heavy atom. The first-order chi connectivity index (χ1) is 8.20. The van der Waals surface area contributed by atoms with Gasteiger partial charge in [0.25, 0.3) is 0 Å². The Balaban J connectivity index is 2.07. The van der Waals surface area contributed by atoms with Crippen LogP contribution in [0.5, 0.6) is 5.88 Å². The van der Waals surface area contributed by atoms with Crippen molar-refractivity contribution < 1.29 is 9.84 Å². The Labute approximate surface area is 109 Å². The summed E-state index contributed by atoms with van der Waals surface area (Å²) in [7, 11) is 1.56. The highest BCUT2D eigenvalue weighted by Gasteiger charge is 2.23. The molecule has 0 aromatic carbocycles. The number of halogens is 1. The molecule has 94 valence electrons. The second kappa shape index (κ2) is 5.64. The van der Waals surface area contributed by atoms with Gasteiger partial charge in [-0.15, -0.1) is 0 Å². The van der Waals surface area contributed by atoms with Crippen LogP contribution in [0.2, 0.25) is 0 Å². The highest BCUT2D eigenvalue weighted by molar-refractivity contribution is 9.10. The molecule has 1 aromatic rings. The van der Waals surface area contributed by atoms with Gasteiger partial charge < -0.3 is 15.2 Å². The minimum absolute atomic E-state index is 0.0367. The lowest BCUT2D eigenvalue weighted by atomic mass is 9.93. The Hall–Kier alpha value is -0.880. The summed E-state index contributed by atoms with van der Waals surface area (Å²) < 4.78 is 5.82. The molecule has 1 fully saturated rings. The molecular weight excluding hydrogens is 286 g/mol. The van der Waals surface area contributed by atoms with Crippen LogP contribution in [0, 0.1) is 0 Å². The monoisotopic (exact) mass is 301 g/mol. The van der Waals surface area contributed by atoms with Gasteiger partial charge in [0.1, 0.15) is 0 Å². The van der Waals surface area contributed by atoms with Crippen molar-refractivity contribution in [1.29, 1.82) is 0 Å². The standard InChI is InChI=1S/C11H16BrN3O2/c1-17-10-7(12)6-13-11(15-10)14-8-4-2-3-5-9(8)16/h6,8-9,16H,2-5H2,1H3,(H,13,14,15). The Kier molecular flexibility index (Phi) is 4.17. The van der Waals surface area contributed by atoms with Crippen molar-refractivity contribution in [3.63, 3.8) is 0 Å². The minimum atomic E-state index is -0.318. The van der Waals surface area contributed by atoms with Crippen molar-refractivity contribution in [3.05, 3.63) is 10.7 Å². The van der Waals surface area contributed by atoms with Gasteiger partial charge in [0.05, 0.1) is 29.9 Å². The molecule has 2 rings (SSSR count). The molecule has 5 nitrogen and oxygen atoms in total. The lowest BCUT2D eigenvalue weighted by Gasteiger charge is -2.28. The van der Waals surface area contributed by atoms with Crippen LogP contribution in [0.1, 0.15) is 25.7 Å². The molecule has 1 saturated carbocycles. The first-order valence-corrected chi connectivity index (χ1v) is 6.51. The van der Waals surface area contributed by atoms with Crippen LogP contribution in [0.15, 0.2) is 10.7 Å². The van der Waals surface area contributed by atoms with Crippen LogP contribution in [0.25, 0.3) is 0 Å². The van der Waals surface area contributed by atoms with E-state index in [1.165, 1.54) is 0 Å². The summed E-state index contributed by atoms with van der Waals surface area (Å²) in [5.74, 6) is 0.990. The smallest absolute Gasteiger partial charge is 0.232 e. The molecule has 6 heteroatoms. The topological polar surface area (TPSA) is 67.3 Å². The van der Waals surface area contributed by atoms with Crippen LogP contribution >= 0.6 is 15.9 Å². The maximum absolute atomic E-state index is 9.85. The molecule has 0 bridgehead atoms. The van der Waals surface area contributed by atoms with Crippen LogP contribution in [0.4, 0.5) is 5.95 Å². The van der Waals surface area contributed by atoms with Crippen molar-refractivity contribution in [2.75, 3.05) is 12.4 Å². The first-order valence-electron chi connectivity index (χ1n) is 5.72. The molecular formula is C11H16BrN3O2. The average Bonchev–Trinajstić information content (AvgIpc) is 2.34. The lowest BCUT2D eigenvalue weighted by Crippen LogP contribution is -2.36. The van der Waals surface area contributed by atoms with E-state index in [1.54, 1.807) is 13.3 Å². The molecule has 1 aromatic heterocycles. The number of rotatable bonds is 3. The zero-order valence-electron chi connectivity index (χ0n) is 9.69. The fraction of sp³-hybridized carbons (Fsp3) is 0.636. The van der Waals surface area contributed by atoms with Gasteiger partial charge in [-0.3, -0.25) is 0 Å². The molecule has 1 heterocycles. The third-order valence-electron chi connectivity index (χ3n) is 2.95. The number of hydrogen-bond acceptors (Lipinski definition) is 5. The van der Waals surface area contributed by atoms with Crippen molar-refractivity contribution >= 4 is 21.9 Å². The number of aromatic nitrogens is 2. The molecule has 0 radical (unpaired) electrons. The van der Waals surface area contributed by atoms with Gasteiger partial charge >= 0.3 is 0 Å². The first kappa shape index (κ1) is 12.6. The molecule has 1 aliphatic rings. The summed E-state index contributed by atoms with van der Waals surface area (Å²) >= 11 is 3.30. The second-order valence-electron chi connectivity index (χ2n) is 4.15. The summed E-state index contributed by atoms with van der Waals surface area (Å²) in [4.78, 5) is 8.37. The number of aliphatic hydroxyl groups excluding tert-OH is 1. The molecule has 0 spiro atoms. The number of methoxy groups -OCH3 is 1. The van der Waals surface area contributed by atoms with E-state index in [0.29, 0.717) is 11.8 Å². The van der Waals surface area contributed by atoms with Crippen LogP contribution in [-0.2, 0) is 0 Å². The average molecular weight is 302 g/mol. The van der Waals surface area contributed by atoms with E-state index in [2.05, 4.69) is 31.2 Å². The molecule has 2 N–H and O–H groups in total. The minimum Gasteiger partial charge on any atom is -0.480 e. The van der Waals surface area contributed by atoms with E-state index < -0.39 is 0 Å². The number of nitrogens with one attached hydrogen (secondary N) is 1. The number of nitrogens with zero attached hydrogens (tertiary/aromatic N) is 2. The predicted octanol–water partition coefficient (Wildman–Crippen LogP) is 1.96. The molecule has 2 atom stereocenters. The largest absolute Gasteiger partial charge is 0.480 e. The van der Waals surface area contributed by atoms with Gasteiger partial charge in [0.2, 0.25) is 11.8 Å². The molecule has 0 saturated heterocycles. The summed E-state index contributed by atoms with van der Waals surface area (Å²) in [5, 5.41) is 13.0. The van der Waals surface area contributed by atoms with Crippen molar-refractivity contribution in [2.24, 2.45) is 0 Å².